The molecule has 0 saturated heterocycles. The van der Waals surface area contributed by atoms with E-state index in [2.05, 4.69) is 83.4 Å². The summed E-state index contributed by atoms with van der Waals surface area (Å²) in [6.45, 7) is 0. The zero-order chi connectivity index (χ0) is 24.6. The Morgan fingerprint density at radius 1 is 0.568 bits per heavy atom. The predicted octanol–water partition coefficient (Wildman–Crippen LogP) is 6.23. The van der Waals surface area contributed by atoms with E-state index in [4.69, 9.17) is 4.99 Å². The van der Waals surface area contributed by atoms with Crippen LogP contribution in [0.15, 0.2) is 137 Å². The molecule has 0 spiro atoms. The maximum Gasteiger partial charge on any atom is 0.265 e. The van der Waals surface area contributed by atoms with Crippen molar-refractivity contribution in [1.82, 2.24) is 8.97 Å². The molecule has 1 aliphatic heterocycles. The van der Waals surface area contributed by atoms with Gasteiger partial charge in [0.15, 0.2) is 0 Å². The van der Waals surface area contributed by atoms with Crippen LogP contribution in [0.4, 0.5) is 5.69 Å². The minimum absolute atomic E-state index is 0.0498. The van der Waals surface area contributed by atoms with Gasteiger partial charge in [-0.05, 0) is 34.7 Å². The first kappa shape index (κ1) is 20.3. The lowest BCUT2D eigenvalue weighted by molar-refractivity contribution is 0.492. The lowest BCUT2D eigenvalue weighted by Crippen LogP contribution is -2.47. The molecule has 3 heterocycles. The van der Waals surface area contributed by atoms with Crippen molar-refractivity contribution in [2.75, 3.05) is 0 Å². The summed E-state index contributed by atoms with van der Waals surface area (Å²) in [4.78, 5) is 19.3. The van der Waals surface area contributed by atoms with Gasteiger partial charge in [-0.15, -0.1) is 0 Å². The molecule has 0 saturated carbocycles. The highest BCUT2D eigenvalue weighted by atomic mass is 16.1. The van der Waals surface area contributed by atoms with Crippen LogP contribution in [0.2, 0.25) is 0 Å². The van der Waals surface area contributed by atoms with Crippen molar-refractivity contribution >= 4 is 32.9 Å². The first-order chi connectivity index (χ1) is 18.3. The fraction of sp³-hybridized carbons (Fsp3) is 0.0303. The molecule has 4 nitrogen and oxygen atoms in total. The van der Waals surface area contributed by atoms with Crippen LogP contribution in [-0.4, -0.2) is 8.97 Å². The molecule has 0 aliphatic carbocycles. The lowest BCUT2D eigenvalue weighted by atomic mass is 9.75. The van der Waals surface area contributed by atoms with E-state index >= 15 is 0 Å². The van der Waals surface area contributed by atoms with Crippen LogP contribution >= 0.6 is 0 Å². The minimum Gasteiger partial charge on any atom is -0.291 e. The summed E-state index contributed by atoms with van der Waals surface area (Å²) in [6.07, 6.45) is 0. The number of para-hydroxylation sites is 2. The molecule has 0 unspecified atom stereocenters. The van der Waals surface area contributed by atoms with Gasteiger partial charge in [-0.3, -0.25) is 9.36 Å². The first-order valence-electron chi connectivity index (χ1n) is 12.5. The maximum absolute atomic E-state index is 14.1. The van der Waals surface area contributed by atoms with Crippen molar-refractivity contribution in [1.29, 1.82) is 0 Å². The lowest BCUT2D eigenvalue weighted by Gasteiger charge is -2.40. The first-order valence-corrected chi connectivity index (χ1v) is 12.5. The van der Waals surface area contributed by atoms with Gasteiger partial charge in [-0.2, -0.15) is 0 Å². The fourth-order valence-corrected chi connectivity index (χ4v) is 6.32. The average Bonchev–Trinajstić information content (AvgIpc) is 3.31. The van der Waals surface area contributed by atoms with Gasteiger partial charge >= 0.3 is 0 Å². The molecule has 37 heavy (non-hydrogen) atoms. The number of rotatable bonds is 2. The third-order valence-electron chi connectivity index (χ3n) is 7.76. The van der Waals surface area contributed by atoms with Crippen molar-refractivity contribution in [3.05, 3.63) is 160 Å². The summed E-state index contributed by atoms with van der Waals surface area (Å²) in [5, 5.41) is 2.70. The highest BCUT2D eigenvalue weighted by Crippen LogP contribution is 2.47. The summed E-state index contributed by atoms with van der Waals surface area (Å²) in [5.41, 5.74) is 5.90. The fourth-order valence-electron chi connectivity index (χ4n) is 6.32. The molecular formula is C33H21N3O. The van der Waals surface area contributed by atoms with E-state index in [0.717, 1.165) is 44.2 Å². The number of pyridine rings is 1. The molecule has 0 radical (unpaired) electrons. The SMILES string of the molecule is O=c1c2ccccc2c2cccc3c2n1c1n3C(c2ccccc2)(c2ccccc2)c2ccccc2N=1. The molecule has 0 atom stereocenters. The Morgan fingerprint density at radius 2 is 1.16 bits per heavy atom. The predicted molar refractivity (Wildman–Crippen MR) is 148 cm³/mol. The van der Waals surface area contributed by atoms with E-state index in [1.54, 1.807) is 0 Å². The Balaban J connectivity index is 1.73. The normalized spacial score (nSPS) is 13.9. The Hall–Kier alpha value is -4.96. The van der Waals surface area contributed by atoms with Crippen LogP contribution in [0.5, 0.6) is 0 Å². The van der Waals surface area contributed by atoms with Gasteiger partial charge in [0.2, 0.25) is 5.62 Å². The number of nitrogens with zero attached hydrogens (tertiary/aromatic N) is 3. The van der Waals surface area contributed by atoms with Crippen molar-refractivity contribution in [3.63, 3.8) is 0 Å². The summed E-state index contributed by atoms with van der Waals surface area (Å²) in [5.74, 6) is 0. The Kier molecular flexibility index (Phi) is 3.98. The van der Waals surface area contributed by atoms with Gasteiger partial charge in [0, 0.05) is 16.3 Å². The molecular weight excluding hydrogens is 454 g/mol. The van der Waals surface area contributed by atoms with Gasteiger partial charge in [0.05, 0.1) is 16.7 Å². The molecule has 1 aliphatic rings. The van der Waals surface area contributed by atoms with Gasteiger partial charge in [0.1, 0.15) is 5.54 Å². The molecule has 8 rings (SSSR count). The third kappa shape index (κ3) is 2.47. The van der Waals surface area contributed by atoms with Crippen molar-refractivity contribution in [3.8, 4) is 0 Å². The topological polar surface area (TPSA) is 38.8 Å². The number of hydrogen-bond acceptors (Lipinski definition) is 2. The van der Waals surface area contributed by atoms with Gasteiger partial charge in [-0.1, -0.05) is 109 Å². The van der Waals surface area contributed by atoms with Crippen molar-refractivity contribution < 1.29 is 0 Å². The largest absolute Gasteiger partial charge is 0.291 e. The Labute approximate surface area is 212 Å². The second-order valence-electron chi connectivity index (χ2n) is 9.57. The number of imidazole rings is 1. The number of hydrogen-bond donors (Lipinski definition) is 0. The zero-order valence-electron chi connectivity index (χ0n) is 19.9. The molecule has 174 valence electrons. The van der Waals surface area contributed by atoms with Gasteiger partial charge in [-0.25, -0.2) is 9.39 Å². The summed E-state index contributed by atoms with van der Waals surface area (Å²) >= 11 is 0. The summed E-state index contributed by atoms with van der Waals surface area (Å²) in [7, 11) is 0. The highest BCUT2D eigenvalue weighted by molar-refractivity contribution is 6.10. The van der Waals surface area contributed by atoms with E-state index in [1.165, 1.54) is 0 Å². The van der Waals surface area contributed by atoms with E-state index in [-0.39, 0.29) is 5.56 Å². The van der Waals surface area contributed by atoms with Crippen LogP contribution < -0.4 is 11.2 Å². The van der Waals surface area contributed by atoms with Crippen LogP contribution in [0.3, 0.4) is 0 Å². The Bertz CT molecular complexity index is 2060. The number of benzene rings is 5. The van der Waals surface area contributed by atoms with E-state index in [0.29, 0.717) is 11.0 Å². The minimum atomic E-state index is -0.727. The van der Waals surface area contributed by atoms with Crippen molar-refractivity contribution in [2.24, 2.45) is 4.99 Å². The maximum atomic E-state index is 14.1. The molecule has 0 N–H and O–H groups in total. The van der Waals surface area contributed by atoms with Crippen LogP contribution in [-0.2, 0) is 5.54 Å². The summed E-state index contributed by atoms with van der Waals surface area (Å²) < 4.78 is 4.10. The molecule has 4 heteroatoms. The van der Waals surface area contributed by atoms with E-state index < -0.39 is 5.54 Å². The monoisotopic (exact) mass is 475 g/mol. The standard InChI is InChI=1S/C33H21N3O/c37-31-26-17-8-7-16-24(26)25-18-11-21-29-30(25)35(31)32-34-28-20-10-9-19-27(28)33(36(29)32,22-12-3-1-4-13-22)23-14-5-2-6-15-23/h1-21H. The van der Waals surface area contributed by atoms with Gasteiger partial charge in [0.25, 0.3) is 5.56 Å². The number of fused-ring (bicyclic) bond motifs is 6. The molecule has 5 aromatic carbocycles. The molecule has 7 aromatic rings. The summed E-state index contributed by atoms with van der Waals surface area (Å²) in [6, 6.07) is 43.6. The van der Waals surface area contributed by atoms with E-state index in [9.17, 15) is 4.79 Å². The van der Waals surface area contributed by atoms with Crippen molar-refractivity contribution in [2.45, 2.75) is 5.54 Å². The Morgan fingerprint density at radius 3 is 1.89 bits per heavy atom. The van der Waals surface area contributed by atoms with Crippen LogP contribution in [0.25, 0.3) is 27.2 Å². The zero-order valence-corrected chi connectivity index (χ0v) is 19.9. The molecule has 2 aromatic heterocycles. The third-order valence-corrected chi connectivity index (χ3v) is 7.76. The van der Waals surface area contributed by atoms with Crippen LogP contribution in [0.1, 0.15) is 16.7 Å². The quantitative estimate of drug-likeness (QED) is 0.273. The highest BCUT2D eigenvalue weighted by Gasteiger charge is 2.44. The number of aromatic nitrogens is 2. The molecule has 0 bridgehead atoms. The van der Waals surface area contributed by atoms with E-state index in [1.807, 2.05) is 52.9 Å². The van der Waals surface area contributed by atoms with Gasteiger partial charge < -0.3 is 0 Å². The molecule has 0 fully saturated rings. The van der Waals surface area contributed by atoms with Crippen LogP contribution in [0, 0.1) is 0 Å². The second kappa shape index (κ2) is 7.28. The second-order valence-corrected chi connectivity index (χ2v) is 9.57. The average molecular weight is 476 g/mol. The molecule has 0 amide bonds. The smallest absolute Gasteiger partial charge is 0.265 e.